The molecule has 0 atom stereocenters. The van der Waals surface area contributed by atoms with Crippen molar-refractivity contribution in [1.82, 2.24) is 15.0 Å². The van der Waals surface area contributed by atoms with E-state index in [1.165, 1.54) is 5.56 Å². The molecule has 32 heavy (non-hydrogen) atoms. The molecule has 166 valence electrons. The Balaban J connectivity index is 1.49. The summed E-state index contributed by atoms with van der Waals surface area (Å²) in [4.78, 5) is 15.6. The van der Waals surface area contributed by atoms with E-state index in [2.05, 4.69) is 55.5 Å². The first-order valence-corrected chi connectivity index (χ1v) is 10.8. The lowest BCUT2D eigenvalue weighted by Gasteiger charge is -2.28. The lowest BCUT2D eigenvalue weighted by molar-refractivity contribution is 0.122. The second kappa shape index (κ2) is 10.7. The summed E-state index contributed by atoms with van der Waals surface area (Å²) in [5.74, 6) is 0.810. The number of nitrogens with one attached hydrogen (secondary N) is 1. The van der Waals surface area contributed by atoms with Crippen LogP contribution in [-0.2, 0) is 11.2 Å². The van der Waals surface area contributed by atoms with Crippen molar-refractivity contribution in [2.45, 2.75) is 20.3 Å². The molecule has 8 heteroatoms. The predicted octanol–water partition coefficient (Wildman–Crippen LogP) is 3.39. The molecule has 1 N–H and O–H groups in total. The normalized spacial score (nSPS) is 14.0. The number of ether oxygens (including phenoxy) is 2. The van der Waals surface area contributed by atoms with Crippen LogP contribution in [0.2, 0.25) is 0 Å². The first-order valence-electron chi connectivity index (χ1n) is 10.8. The second-order valence-electron chi connectivity index (χ2n) is 7.64. The molecule has 0 unspecified atom stereocenters. The van der Waals surface area contributed by atoms with Gasteiger partial charge in [-0.1, -0.05) is 18.2 Å². The standard InChI is InChI=1S/C24H28N6O2/c1-18-6-7-19(2)22(15-18)29-26-17-21-16-23(30-10-13-31-14-11-30)28-24(27-21)32-12-8-20-5-3-4-9-25-20/h3-7,9,15-17,29H,8,10-14H2,1-2H3. The van der Waals surface area contributed by atoms with E-state index in [4.69, 9.17) is 9.47 Å². The fourth-order valence-corrected chi connectivity index (χ4v) is 3.33. The molecule has 1 saturated heterocycles. The van der Waals surface area contributed by atoms with Gasteiger partial charge in [-0.15, -0.1) is 0 Å². The Morgan fingerprint density at radius 3 is 2.81 bits per heavy atom. The number of benzene rings is 1. The summed E-state index contributed by atoms with van der Waals surface area (Å²) in [7, 11) is 0. The average Bonchev–Trinajstić information content (AvgIpc) is 2.82. The van der Waals surface area contributed by atoms with Crippen LogP contribution in [0.3, 0.4) is 0 Å². The molecular formula is C24H28N6O2. The van der Waals surface area contributed by atoms with Crippen molar-refractivity contribution in [2.24, 2.45) is 5.10 Å². The van der Waals surface area contributed by atoms with Crippen LogP contribution in [0.1, 0.15) is 22.5 Å². The zero-order valence-electron chi connectivity index (χ0n) is 18.5. The van der Waals surface area contributed by atoms with Gasteiger partial charge in [-0.3, -0.25) is 10.4 Å². The van der Waals surface area contributed by atoms with Gasteiger partial charge >= 0.3 is 6.01 Å². The third kappa shape index (κ3) is 6.01. The third-order valence-corrected chi connectivity index (χ3v) is 5.14. The molecule has 0 saturated carbocycles. The smallest absolute Gasteiger partial charge is 0.318 e. The highest BCUT2D eigenvalue weighted by Gasteiger charge is 2.15. The van der Waals surface area contributed by atoms with Crippen LogP contribution >= 0.6 is 0 Å². The molecule has 1 aliphatic rings. The topological polar surface area (TPSA) is 84.8 Å². The Hall–Kier alpha value is -3.52. The maximum Gasteiger partial charge on any atom is 0.318 e. The van der Waals surface area contributed by atoms with E-state index in [9.17, 15) is 0 Å². The van der Waals surface area contributed by atoms with Crippen molar-refractivity contribution in [2.75, 3.05) is 43.2 Å². The summed E-state index contributed by atoms with van der Waals surface area (Å²) >= 11 is 0. The summed E-state index contributed by atoms with van der Waals surface area (Å²) in [6, 6.07) is 14.3. The molecule has 8 nitrogen and oxygen atoms in total. The highest BCUT2D eigenvalue weighted by molar-refractivity contribution is 5.79. The Morgan fingerprint density at radius 2 is 2.00 bits per heavy atom. The molecule has 2 aromatic heterocycles. The zero-order valence-corrected chi connectivity index (χ0v) is 18.5. The SMILES string of the molecule is Cc1ccc(C)c(NN=Cc2cc(N3CCOCC3)nc(OCCc3ccccn3)n2)c1. The number of pyridine rings is 1. The van der Waals surface area contributed by atoms with Gasteiger partial charge < -0.3 is 14.4 Å². The zero-order chi connectivity index (χ0) is 22.2. The number of anilines is 2. The molecule has 3 aromatic rings. The molecule has 0 radical (unpaired) electrons. The lowest BCUT2D eigenvalue weighted by atomic mass is 10.1. The fourth-order valence-electron chi connectivity index (χ4n) is 3.33. The highest BCUT2D eigenvalue weighted by atomic mass is 16.5. The number of nitrogens with zero attached hydrogens (tertiary/aromatic N) is 5. The molecule has 4 rings (SSSR count). The first-order chi connectivity index (χ1) is 15.7. The molecule has 0 spiro atoms. The fraction of sp³-hybridized carbons (Fsp3) is 0.333. The largest absolute Gasteiger partial charge is 0.463 e. The molecule has 1 aliphatic heterocycles. The molecule has 0 amide bonds. The van der Waals surface area contributed by atoms with Gasteiger partial charge in [0, 0.05) is 37.5 Å². The molecule has 0 bridgehead atoms. The van der Waals surface area contributed by atoms with Crippen molar-refractivity contribution < 1.29 is 9.47 Å². The van der Waals surface area contributed by atoms with Crippen LogP contribution in [0.15, 0.2) is 53.8 Å². The summed E-state index contributed by atoms with van der Waals surface area (Å²) < 4.78 is 11.4. The monoisotopic (exact) mass is 432 g/mol. The van der Waals surface area contributed by atoms with Gasteiger partial charge in [0.15, 0.2) is 0 Å². The van der Waals surface area contributed by atoms with Gasteiger partial charge in [-0.25, -0.2) is 0 Å². The number of morpholine rings is 1. The second-order valence-corrected chi connectivity index (χ2v) is 7.64. The number of hydrogen-bond donors (Lipinski definition) is 1. The summed E-state index contributed by atoms with van der Waals surface area (Å²) in [5.41, 5.74) is 8.02. The number of rotatable bonds is 8. The van der Waals surface area contributed by atoms with Crippen LogP contribution in [0.5, 0.6) is 6.01 Å². The Morgan fingerprint density at radius 1 is 1.12 bits per heavy atom. The Labute approximate surface area is 188 Å². The van der Waals surface area contributed by atoms with Crippen LogP contribution < -0.4 is 15.1 Å². The van der Waals surface area contributed by atoms with E-state index >= 15 is 0 Å². The number of aryl methyl sites for hydroxylation is 2. The Bertz CT molecular complexity index is 1050. The van der Waals surface area contributed by atoms with Gasteiger partial charge in [-0.05, 0) is 43.2 Å². The van der Waals surface area contributed by atoms with Crippen LogP contribution in [0.25, 0.3) is 0 Å². The summed E-state index contributed by atoms with van der Waals surface area (Å²) in [5, 5.41) is 4.39. The van der Waals surface area contributed by atoms with Crippen molar-refractivity contribution >= 4 is 17.7 Å². The van der Waals surface area contributed by atoms with E-state index in [-0.39, 0.29) is 0 Å². The van der Waals surface area contributed by atoms with Crippen LogP contribution in [0.4, 0.5) is 11.5 Å². The molecule has 3 heterocycles. The van der Waals surface area contributed by atoms with Crippen molar-refractivity contribution in [3.05, 3.63) is 71.2 Å². The molecule has 0 aliphatic carbocycles. The first kappa shape index (κ1) is 21.7. The van der Waals surface area contributed by atoms with Crippen molar-refractivity contribution in [1.29, 1.82) is 0 Å². The molecule has 1 aromatic carbocycles. The van der Waals surface area contributed by atoms with E-state index in [0.717, 1.165) is 35.9 Å². The minimum atomic E-state index is 0.332. The average molecular weight is 433 g/mol. The van der Waals surface area contributed by atoms with Gasteiger partial charge in [0.25, 0.3) is 0 Å². The predicted molar refractivity (Wildman–Crippen MR) is 126 cm³/mol. The lowest BCUT2D eigenvalue weighted by Crippen LogP contribution is -2.37. The van der Waals surface area contributed by atoms with Crippen molar-refractivity contribution in [3.8, 4) is 6.01 Å². The maximum absolute atomic E-state index is 5.88. The third-order valence-electron chi connectivity index (χ3n) is 5.14. The minimum Gasteiger partial charge on any atom is -0.463 e. The minimum absolute atomic E-state index is 0.332. The van der Waals surface area contributed by atoms with E-state index in [1.807, 2.05) is 31.2 Å². The Kier molecular flexibility index (Phi) is 7.24. The van der Waals surface area contributed by atoms with E-state index < -0.39 is 0 Å². The van der Waals surface area contributed by atoms with E-state index in [1.54, 1.807) is 12.4 Å². The number of aromatic nitrogens is 3. The number of hydrazone groups is 1. The molecule has 1 fully saturated rings. The van der Waals surface area contributed by atoms with Gasteiger partial charge in [0.1, 0.15) is 5.82 Å². The van der Waals surface area contributed by atoms with Crippen LogP contribution in [0, 0.1) is 13.8 Å². The maximum atomic E-state index is 5.88. The highest BCUT2D eigenvalue weighted by Crippen LogP contribution is 2.18. The number of hydrogen-bond acceptors (Lipinski definition) is 8. The van der Waals surface area contributed by atoms with Crippen molar-refractivity contribution in [3.63, 3.8) is 0 Å². The van der Waals surface area contributed by atoms with Gasteiger partial charge in [-0.2, -0.15) is 15.1 Å². The summed E-state index contributed by atoms with van der Waals surface area (Å²) in [6.45, 7) is 7.47. The van der Waals surface area contributed by atoms with Gasteiger partial charge in [0.2, 0.25) is 0 Å². The van der Waals surface area contributed by atoms with E-state index in [0.29, 0.717) is 37.9 Å². The van der Waals surface area contributed by atoms with Crippen LogP contribution in [-0.4, -0.2) is 54.1 Å². The molecular weight excluding hydrogens is 404 g/mol. The van der Waals surface area contributed by atoms with Gasteiger partial charge in [0.05, 0.1) is 37.4 Å². The quantitative estimate of drug-likeness (QED) is 0.431. The summed E-state index contributed by atoms with van der Waals surface area (Å²) in [6.07, 6.45) is 4.16.